The second-order valence-corrected chi connectivity index (χ2v) is 7.98. The second-order valence-electron chi connectivity index (χ2n) is 6.30. The number of ether oxygens (including phenoxy) is 2. The minimum absolute atomic E-state index is 0.0225. The highest BCUT2D eigenvalue weighted by atomic mass is 32.2. The average Bonchev–Trinajstić information content (AvgIpc) is 2.68. The Morgan fingerprint density at radius 1 is 1.11 bits per heavy atom. The van der Waals surface area contributed by atoms with Gasteiger partial charge in [0, 0.05) is 31.4 Å². The Hall–Kier alpha value is -2.78. The number of carbonyl (C=O) groups excluding carboxylic acids is 1. The molecule has 0 saturated carbocycles. The number of nitrogens with zero attached hydrogens (tertiary/aromatic N) is 1. The Balaban J connectivity index is 1.78. The summed E-state index contributed by atoms with van der Waals surface area (Å²) < 4.78 is 38.5. The third-order valence-electron chi connectivity index (χ3n) is 4.29. The number of sulfonamides is 1. The monoisotopic (exact) mass is 405 g/mol. The number of hydrogen-bond donors (Lipinski definition) is 2. The molecule has 1 aliphatic heterocycles. The van der Waals surface area contributed by atoms with Crippen LogP contribution in [0, 0.1) is 0 Å². The lowest BCUT2D eigenvalue weighted by Crippen LogP contribution is -2.36. The maximum atomic E-state index is 12.7. The number of anilines is 3. The van der Waals surface area contributed by atoms with E-state index in [4.69, 9.17) is 9.47 Å². The van der Waals surface area contributed by atoms with Crippen LogP contribution in [0.25, 0.3) is 0 Å². The maximum absolute atomic E-state index is 12.7. The van der Waals surface area contributed by atoms with Crippen molar-refractivity contribution in [2.24, 2.45) is 0 Å². The third kappa shape index (κ3) is 4.73. The van der Waals surface area contributed by atoms with Crippen LogP contribution in [0.4, 0.5) is 17.1 Å². The summed E-state index contributed by atoms with van der Waals surface area (Å²) in [6, 6.07) is 11.5. The molecule has 0 aliphatic carbocycles. The molecule has 2 aromatic rings. The van der Waals surface area contributed by atoms with Crippen molar-refractivity contribution in [3.8, 4) is 5.75 Å². The van der Waals surface area contributed by atoms with E-state index in [-0.39, 0.29) is 10.8 Å². The van der Waals surface area contributed by atoms with Gasteiger partial charge in [0.25, 0.3) is 10.0 Å². The SMILES string of the molecule is COc1ccc(S(=O)(=O)Nc2ccc(N3CCOCC3)cc2)cc1NC(C)=O. The van der Waals surface area contributed by atoms with E-state index in [9.17, 15) is 13.2 Å². The lowest BCUT2D eigenvalue weighted by molar-refractivity contribution is -0.114. The predicted molar refractivity (Wildman–Crippen MR) is 108 cm³/mol. The first-order chi connectivity index (χ1) is 13.4. The van der Waals surface area contributed by atoms with E-state index in [1.165, 1.54) is 32.2 Å². The van der Waals surface area contributed by atoms with Gasteiger partial charge in [0.2, 0.25) is 5.91 Å². The standard InChI is InChI=1S/C19H23N3O5S/c1-14(23)20-18-13-17(7-8-19(18)26-2)28(24,25)21-15-3-5-16(6-4-15)22-9-11-27-12-10-22/h3-8,13,21H,9-12H2,1-2H3,(H,20,23). The van der Waals surface area contributed by atoms with Crippen molar-refractivity contribution in [3.63, 3.8) is 0 Å². The fraction of sp³-hybridized carbons (Fsp3) is 0.316. The average molecular weight is 405 g/mol. The van der Waals surface area contributed by atoms with Crippen LogP contribution in [0.5, 0.6) is 5.75 Å². The van der Waals surface area contributed by atoms with Gasteiger partial charge >= 0.3 is 0 Å². The summed E-state index contributed by atoms with van der Waals surface area (Å²) in [5.41, 5.74) is 1.76. The molecule has 9 heteroatoms. The van der Waals surface area contributed by atoms with E-state index in [0.29, 0.717) is 30.3 Å². The van der Waals surface area contributed by atoms with Gasteiger partial charge in [0.05, 0.1) is 30.9 Å². The van der Waals surface area contributed by atoms with Crippen molar-refractivity contribution in [3.05, 3.63) is 42.5 Å². The Bertz CT molecular complexity index is 939. The number of hydrogen-bond acceptors (Lipinski definition) is 6. The molecular formula is C19H23N3O5S. The molecule has 1 amide bonds. The third-order valence-corrected chi connectivity index (χ3v) is 5.67. The summed E-state index contributed by atoms with van der Waals surface area (Å²) in [7, 11) is -2.38. The molecule has 28 heavy (non-hydrogen) atoms. The zero-order valence-electron chi connectivity index (χ0n) is 15.8. The molecule has 0 atom stereocenters. The summed E-state index contributed by atoms with van der Waals surface area (Å²) in [6.45, 7) is 4.32. The van der Waals surface area contributed by atoms with Crippen molar-refractivity contribution in [2.75, 3.05) is 48.4 Å². The highest BCUT2D eigenvalue weighted by Gasteiger charge is 2.18. The van der Waals surface area contributed by atoms with Crippen LogP contribution >= 0.6 is 0 Å². The molecule has 2 aromatic carbocycles. The molecule has 1 heterocycles. The van der Waals surface area contributed by atoms with Crippen LogP contribution in [0.3, 0.4) is 0 Å². The highest BCUT2D eigenvalue weighted by Crippen LogP contribution is 2.29. The second kappa shape index (κ2) is 8.49. The molecule has 3 rings (SSSR count). The van der Waals surface area contributed by atoms with Crippen molar-refractivity contribution in [1.29, 1.82) is 0 Å². The molecule has 1 fully saturated rings. The number of benzene rings is 2. The van der Waals surface area contributed by atoms with Gasteiger partial charge in [-0.2, -0.15) is 0 Å². The number of rotatable bonds is 6. The fourth-order valence-corrected chi connectivity index (χ4v) is 4.00. The molecule has 2 N–H and O–H groups in total. The first kappa shape index (κ1) is 20.0. The topological polar surface area (TPSA) is 97.0 Å². The predicted octanol–water partition coefficient (Wildman–Crippen LogP) is 2.29. The van der Waals surface area contributed by atoms with E-state index in [0.717, 1.165) is 18.8 Å². The minimum Gasteiger partial charge on any atom is -0.495 e. The molecule has 8 nitrogen and oxygen atoms in total. The highest BCUT2D eigenvalue weighted by molar-refractivity contribution is 7.92. The number of methoxy groups -OCH3 is 1. The molecule has 0 spiro atoms. The Morgan fingerprint density at radius 2 is 1.79 bits per heavy atom. The molecule has 1 saturated heterocycles. The lowest BCUT2D eigenvalue weighted by atomic mass is 10.2. The van der Waals surface area contributed by atoms with Crippen molar-refractivity contribution >= 4 is 33.0 Å². The smallest absolute Gasteiger partial charge is 0.261 e. The van der Waals surface area contributed by atoms with Gasteiger partial charge in [-0.15, -0.1) is 0 Å². The van der Waals surface area contributed by atoms with Crippen LogP contribution in [-0.4, -0.2) is 47.7 Å². The minimum atomic E-state index is -3.82. The molecule has 0 aromatic heterocycles. The molecular weight excluding hydrogens is 382 g/mol. The quantitative estimate of drug-likeness (QED) is 0.765. The molecule has 1 aliphatic rings. The summed E-state index contributed by atoms with van der Waals surface area (Å²) in [4.78, 5) is 13.6. The normalized spacial score (nSPS) is 14.4. The number of morpholine rings is 1. The van der Waals surface area contributed by atoms with Crippen LogP contribution < -0.4 is 19.7 Å². The Kier molecular flexibility index (Phi) is 6.05. The number of nitrogens with one attached hydrogen (secondary N) is 2. The van der Waals surface area contributed by atoms with Crippen LogP contribution in [0.2, 0.25) is 0 Å². The van der Waals surface area contributed by atoms with Gasteiger partial charge in [0.1, 0.15) is 5.75 Å². The number of carbonyl (C=O) groups is 1. The first-order valence-electron chi connectivity index (χ1n) is 8.80. The Labute approximate surface area is 164 Å². The Morgan fingerprint density at radius 3 is 2.39 bits per heavy atom. The van der Waals surface area contributed by atoms with Crippen LogP contribution in [0.1, 0.15) is 6.92 Å². The van der Waals surface area contributed by atoms with Crippen molar-refractivity contribution in [1.82, 2.24) is 0 Å². The molecule has 0 bridgehead atoms. The summed E-state index contributed by atoms with van der Waals surface area (Å²) in [5, 5.41) is 2.57. The van der Waals surface area contributed by atoms with Gasteiger partial charge in [-0.05, 0) is 42.5 Å². The van der Waals surface area contributed by atoms with Gasteiger partial charge in [-0.25, -0.2) is 8.42 Å². The summed E-state index contributed by atoms with van der Waals surface area (Å²) in [5.74, 6) is 0.0588. The van der Waals surface area contributed by atoms with Crippen LogP contribution in [-0.2, 0) is 19.6 Å². The first-order valence-corrected chi connectivity index (χ1v) is 10.3. The van der Waals surface area contributed by atoms with Crippen molar-refractivity contribution < 1.29 is 22.7 Å². The summed E-state index contributed by atoms with van der Waals surface area (Å²) in [6.07, 6.45) is 0. The maximum Gasteiger partial charge on any atom is 0.261 e. The van der Waals surface area contributed by atoms with Crippen LogP contribution in [0.15, 0.2) is 47.4 Å². The van der Waals surface area contributed by atoms with E-state index in [2.05, 4.69) is 14.9 Å². The van der Waals surface area contributed by atoms with E-state index in [1.54, 1.807) is 12.1 Å². The van der Waals surface area contributed by atoms with E-state index >= 15 is 0 Å². The van der Waals surface area contributed by atoms with E-state index in [1.807, 2.05) is 12.1 Å². The zero-order chi connectivity index (χ0) is 20.1. The zero-order valence-corrected chi connectivity index (χ0v) is 16.6. The fourth-order valence-electron chi connectivity index (χ4n) is 2.92. The van der Waals surface area contributed by atoms with Gasteiger partial charge in [0.15, 0.2) is 0 Å². The molecule has 0 unspecified atom stereocenters. The lowest BCUT2D eigenvalue weighted by Gasteiger charge is -2.28. The van der Waals surface area contributed by atoms with Gasteiger partial charge < -0.3 is 19.7 Å². The van der Waals surface area contributed by atoms with Crippen molar-refractivity contribution in [2.45, 2.75) is 11.8 Å². The molecule has 0 radical (unpaired) electrons. The van der Waals surface area contributed by atoms with Gasteiger partial charge in [-0.1, -0.05) is 0 Å². The van der Waals surface area contributed by atoms with E-state index < -0.39 is 10.0 Å². The number of amides is 1. The van der Waals surface area contributed by atoms with Gasteiger partial charge in [-0.3, -0.25) is 9.52 Å². The largest absolute Gasteiger partial charge is 0.495 e. The molecule has 150 valence electrons. The summed E-state index contributed by atoms with van der Waals surface area (Å²) >= 11 is 0.